The second-order valence-corrected chi connectivity index (χ2v) is 8.08. The minimum absolute atomic E-state index is 0.0144. The van der Waals surface area contributed by atoms with Crippen molar-refractivity contribution in [1.82, 2.24) is 18.9 Å². The van der Waals surface area contributed by atoms with E-state index >= 15 is 0 Å². The Hall–Kier alpha value is -1.86. The molecule has 1 unspecified atom stereocenters. The summed E-state index contributed by atoms with van der Waals surface area (Å²) in [6.07, 6.45) is 1.64. The number of hydrogen-bond donors (Lipinski definition) is 0. The third-order valence-electron chi connectivity index (χ3n) is 4.29. The quantitative estimate of drug-likeness (QED) is 0.311. The summed E-state index contributed by atoms with van der Waals surface area (Å²) in [5.41, 5.74) is 1.13. The second-order valence-electron chi connectivity index (χ2n) is 6.23. The average Bonchev–Trinajstić information content (AvgIpc) is 3.51. The number of rotatable bonds is 8. The third-order valence-corrected chi connectivity index (χ3v) is 6.50. The maximum Gasteiger partial charge on any atom is 0.342 e. The van der Waals surface area contributed by atoms with Crippen molar-refractivity contribution in [2.45, 2.75) is 12.5 Å². The van der Waals surface area contributed by atoms with E-state index in [1.807, 2.05) is 30.3 Å². The van der Waals surface area contributed by atoms with Crippen LogP contribution in [0.25, 0.3) is 0 Å². The zero-order valence-corrected chi connectivity index (χ0v) is 14.9. The summed E-state index contributed by atoms with van der Waals surface area (Å²) in [4.78, 5) is 15.1. The van der Waals surface area contributed by atoms with Crippen molar-refractivity contribution in [2.24, 2.45) is 7.05 Å². The summed E-state index contributed by atoms with van der Waals surface area (Å²) in [6.45, 7) is 4.23. The van der Waals surface area contributed by atoms with Crippen LogP contribution in [0.1, 0.15) is 17.5 Å². The molecule has 3 heterocycles. The first kappa shape index (κ1) is 16.6. The first-order chi connectivity index (χ1) is 12.1. The van der Waals surface area contributed by atoms with Gasteiger partial charge in [-0.3, -0.25) is 0 Å². The van der Waals surface area contributed by atoms with Crippen molar-refractivity contribution in [3.05, 3.63) is 58.0 Å². The van der Waals surface area contributed by atoms with Crippen molar-refractivity contribution in [3.63, 3.8) is 0 Å². The van der Waals surface area contributed by atoms with Crippen molar-refractivity contribution >= 4 is 14.3 Å². The topological polar surface area (TPSA) is 76.2 Å². The summed E-state index contributed by atoms with van der Waals surface area (Å²) in [6, 6.07) is 10.1. The minimum Gasteiger partial charge on any atom is -0.358 e. The van der Waals surface area contributed by atoms with E-state index in [0.717, 1.165) is 31.7 Å². The van der Waals surface area contributed by atoms with E-state index in [4.69, 9.17) is 4.52 Å². The van der Waals surface area contributed by atoms with E-state index < -0.39 is 13.4 Å². The van der Waals surface area contributed by atoms with Crippen LogP contribution in [0, 0.1) is 10.1 Å². The van der Waals surface area contributed by atoms with E-state index in [9.17, 15) is 10.1 Å². The smallest absolute Gasteiger partial charge is 0.342 e. The summed E-state index contributed by atoms with van der Waals surface area (Å²) >= 11 is 0. The van der Waals surface area contributed by atoms with E-state index in [1.54, 1.807) is 7.05 Å². The zero-order valence-electron chi connectivity index (χ0n) is 14.0. The Morgan fingerprint density at radius 2 is 1.88 bits per heavy atom. The molecule has 9 heteroatoms. The van der Waals surface area contributed by atoms with Crippen LogP contribution in [0.5, 0.6) is 0 Å². The summed E-state index contributed by atoms with van der Waals surface area (Å²) < 4.78 is 12.6. The number of benzene rings is 1. The van der Waals surface area contributed by atoms with Crippen LogP contribution in [0.4, 0.5) is 5.82 Å². The van der Waals surface area contributed by atoms with Gasteiger partial charge in [0, 0.05) is 32.6 Å². The van der Waals surface area contributed by atoms with Crippen molar-refractivity contribution in [2.75, 3.05) is 26.2 Å². The molecule has 1 aromatic carbocycles. The van der Waals surface area contributed by atoms with Gasteiger partial charge in [0.2, 0.25) is 5.82 Å². The lowest BCUT2D eigenvalue weighted by molar-refractivity contribution is -0.391. The van der Waals surface area contributed by atoms with Gasteiger partial charge < -0.3 is 14.6 Å². The molecule has 0 amide bonds. The molecule has 0 aliphatic carbocycles. The van der Waals surface area contributed by atoms with Gasteiger partial charge in [0.05, 0.1) is 7.05 Å². The largest absolute Gasteiger partial charge is 0.358 e. The Morgan fingerprint density at radius 1 is 1.24 bits per heavy atom. The fourth-order valence-corrected chi connectivity index (χ4v) is 4.63. The number of nitro groups is 1. The molecule has 0 spiro atoms. The molecule has 2 saturated heterocycles. The van der Waals surface area contributed by atoms with Crippen LogP contribution in [0.15, 0.2) is 36.5 Å². The van der Waals surface area contributed by atoms with Gasteiger partial charge in [-0.15, -0.1) is 0 Å². The number of nitrogens with zero attached hydrogens (tertiary/aromatic N) is 5. The molecule has 132 valence electrons. The molecule has 0 radical (unpaired) electrons. The van der Waals surface area contributed by atoms with E-state index in [0.29, 0.717) is 12.2 Å². The maximum absolute atomic E-state index is 11.2. The highest BCUT2D eigenvalue weighted by atomic mass is 31.2. The van der Waals surface area contributed by atoms with E-state index in [-0.39, 0.29) is 11.9 Å². The fourth-order valence-electron chi connectivity index (χ4n) is 2.74. The summed E-state index contributed by atoms with van der Waals surface area (Å²) in [5.74, 6) is 0.589. The van der Waals surface area contributed by atoms with E-state index in [2.05, 4.69) is 14.3 Å². The average molecular weight is 361 g/mol. The number of hydrogen-bond acceptors (Lipinski definition) is 6. The molecule has 2 aromatic rings. The molecular weight excluding hydrogens is 341 g/mol. The highest BCUT2D eigenvalue weighted by Gasteiger charge is 2.42. The highest BCUT2D eigenvalue weighted by molar-refractivity contribution is 7.48. The standard InChI is InChI=1S/C16H20N5O3P/c1-18-15(21(22)23)12-17-16(18)14(11-13-5-3-2-4-6-13)24-25(19-7-8-19)20-9-10-20/h2-6,12,14H,7-11H2,1H3. The summed E-state index contributed by atoms with van der Waals surface area (Å²) in [5, 5.41) is 11.2. The molecule has 0 N–H and O–H groups in total. The van der Waals surface area contributed by atoms with Crippen molar-refractivity contribution < 1.29 is 9.45 Å². The Balaban J connectivity index is 1.61. The SMILES string of the molecule is Cn1c([N+](=O)[O-])cnc1C(Cc1ccccc1)OP(N1CC1)N1CC1. The lowest BCUT2D eigenvalue weighted by Gasteiger charge is -2.24. The minimum atomic E-state index is -0.791. The maximum atomic E-state index is 11.2. The van der Waals surface area contributed by atoms with Crippen LogP contribution in [0.2, 0.25) is 0 Å². The van der Waals surface area contributed by atoms with Gasteiger partial charge in [-0.25, -0.2) is 18.9 Å². The van der Waals surface area contributed by atoms with E-state index in [1.165, 1.54) is 10.8 Å². The van der Waals surface area contributed by atoms with Gasteiger partial charge in [-0.1, -0.05) is 30.3 Å². The van der Waals surface area contributed by atoms with Gasteiger partial charge in [-0.2, -0.15) is 0 Å². The van der Waals surface area contributed by atoms with Crippen molar-refractivity contribution in [1.29, 1.82) is 0 Å². The fraction of sp³-hybridized carbons (Fsp3) is 0.438. The molecule has 25 heavy (non-hydrogen) atoms. The molecule has 4 rings (SSSR count). The monoisotopic (exact) mass is 361 g/mol. The first-order valence-electron chi connectivity index (χ1n) is 8.30. The number of imidazole rings is 1. The molecule has 2 aliphatic heterocycles. The van der Waals surface area contributed by atoms with Gasteiger partial charge in [0.25, 0.3) is 0 Å². The molecule has 0 bridgehead atoms. The zero-order chi connectivity index (χ0) is 17.4. The third kappa shape index (κ3) is 3.72. The first-order valence-corrected chi connectivity index (χ1v) is 9.46. The van der Waals surface area contributed by atoms with Crippen LogP contribution in [-0.4, -0.2) is 50.0 Å². The molecule has 1 atom stereocenters. The van der Waals surface area contributed by atoms with Gasteiger partial charge in [-0.05, 0) is 10.5 Å². The van der Waals surface area contributed by atoms with Gasteiger partial charge in [0.15, 0.2) is 8.45 Å². The Bertz CT molecular complexity index is 748. The molecule has 0 saturated carbocycles. The molecule has 8 nitrogen and oxygen atoms in total. The van der Waals surface area contributed by atoms with Gasteiger partial charge in [0.1, 0.15) is 12.3 Å². The molecule has 2 fully saturated rings. The molecule has 2 aliphatic rings. The summed E-state index contributed by atoms with van der Waals surface area (Å²) in [7, 11) is 0.889. The van der Waals surface area contributed by atoms with Crippen LogP contribution in [0.3, 0.4) is 0 Å². The van der Waals surface area contributed by atoms with Crippen LogP contribution >= 0.6 is 8.45 Å². The normalized spacial score (nSPS) is 18.5. The van der Waals surface area contributed by atoms with Gasteiger partial charge >= 0.3 is 5.82 Å². The highest BCUT2D eigenvalue weighted by Crippen LogP contribution is 2.56. The second kappa shape index (κ2) is 6.80. The van der Waals surface area contributed by atoms with Crippen molar-refractivity contribution in [3.8, 4) is 0 Å². The van der Waals surface area contributed by atoms with Crippen LogP contribution in [-0.2, 0) is 18.0 Å². The Labute approximate surface area is 147 Å². The molecular formula is C16H20N5O3P. The lowest BCUT2D eigenvalue weighted by atomic mass is 10.1. The predicted octanol–water partition coefficient (Wildman–Crippen LogP) is 2.49. The Morgan fingerprint density at radius 3 is 2.40 bits per heavy atom. The predicted molar refractivity (Wildman–Crippen MR) is 93.9 cm³/mol. The lowest BCUT2D eigenvalue weighted by Crippen LogP contribution is -2.15. The Kier molecular flexibility index (Phi) is 4.52. The molecule has 1 aromatic heterocycles. The van der Waals surface area contributed by atoms with Crippen LogP contribution < -0.4 is 0 Å². The number of aromatic nitrogens is 2.